The average molecular weight is 401 g/mol. The predicted octanol–water partition coefficient (Wildman–Crippen LogP) is 1.87. The molecule has 4 heterocycles. The van der Waals surface area contributed by atoms with Crippen molar-refractivity contribution in [2.24, 2.45) is 5.92 Å². The minimum absolute atomic E-state index is 0.0434. The maximum atomic E-state index is 13.3. The molecule has 0 bridgehead atoms. The lowest BCUT2D eigenvalue weighted by Gasteiger charge is -2.35. The number of hydrogen-bond donors (Lipinski definition) is 1. The molecule has 0 saturated carbocycles. The molecule has 2 atom stereocenters. The highest BCUT2D eigenvalue weighted by molar-refractivity contribution is 5.96. The van der Waals surface area contributed by atoms with Crippen LogP contribution in [0.1, 0.15) is 19.0 Å². The van der Waals surface area contributed by atoms with Crippen LogP contribution in [-0.4, -0.2) is 44.2 Å². The Hall–Kier alpha value is -3.55. The molecule has 2 aromatic rings. The number of halogens is 2. The number of fused-ring (bicyclic) bond motifs is 1. The molecule has 0 radical (unpaired) electrons. The number of carbonyl (C=O) groups is 2. The number of aromatic nitrogens is 3. The maximum absolute atomic E-state index is 13.3. The first-order chi connectivity index (χ1) is 13.9. The van der Waals surface area contributed by atoms with E-state index in [-0.39, 0.29) is 43.1 Å². The molecule has 1 unspecified atom stereocenters. The van der Waals surface area contributed by atoms with Gasteiger partial charge >= 0.3 is 6.03 Å². The highest BCUT2D eigenvalue weighted by Crippen LogP contribution is 2.31. The van der Waals surface area contributed by atoms with E-state index in [0.29, 0.717) is 17.9 Å². The summed E-state index contributed by atoms with van der Waals surface area (Å²) in [4.78, 5) is 31.0. The molecule has 1 N–H and O–H groups in total. The number of nitrogens with zero attached hydrogens (tertiary/aromatic N) is 6. The van der Waals surface area contributed by atoms with Gasteiger partial charge in [0.1, 0.15) is 0 Å². The summed E-state index contributed by atoms with van der Waals surface area (Å²) in [6.45, 7) is 2.65. The number of hydrogen-bond acceptors (Lipinski definition) is 5. The van der Waals surface area contributed by atoms with Crippen molar-refractivity contribution in [2.45, 2.75) is 32.5 Å². The van der Waals surface area contributed by atoms with Crippen LogP contribution in [0.3, 0.4) is 0 Å². The highest BCUT2D eigenvalue weighted by atomic mass is 19.1. The van der Waals surface area contributed by atoms with E-state index in [1.807, 2.05) is 6.92 Å². The second-order valence-electron chi connectivity index (χ2n) is 7.10. The standard InChI is InChI=1S/C18H17F2N7O2/c1-10-7-27-14(13(6-22-27)26-8-11(5-21)2-17(26)28)9-25(10)18(29)23-12-3-15(19)24-16(20)4-12/h3-4,6,10-11H,2,7-9H2,1H3,(H,23,24,29)/t10-,11?/m0/s1. The molecule has 1 saturated heterocycles. The van der Waals surface area contributed by atoms with Crippen LogP contribution in [0.15, 0.2) is 18.3 Å². The third kappa shape index (κ3) is 3.49. The third-order valence-corrected chi connectivity index (χ3v) is 5.09. The van der Waals surface area contributed by atoms with Gasteiger partial charge in [0.15, 0.2) is 0 Å². The van der Waals surface area contributed by atoms with E-state index in [4.69, 9.17) is 5.26 Å². The molecule has 0 spiro atoms. The number of carbonyl (C=O) groups excluding carboxylic acids is 2. The summed E-state index contributed by atoms with van der Waals surface area (Å²) < 4.78 is 28.3. The monoisotopic (exact) mass is 401 g/mol. The van der Waals surface area contributed by atoms with E-state index >= 15 is 0 Å². The smallest absolute Gasteiger partial charge is 0.314 e. The lowest BCUT2D eigenvalue weighted by Crippen LogP contribution is -2.47. The molecular weight excluding hydrogens is 384 g/mol. The Morgan fingerprint density at radius 3 is 2.69 bits per heavy atom. The van der Waals surface area contributed by atoms with E-state index in [2.05, 4.69) is 21.5 Å². The predicted molar refractivity (Wildman–Crippen MR) is 96.5 cm³/mol. The zero-order valence-corrected chi connectivity index (χ0v) is 15.5. The number of rotatable bonds is 2. The molecule has 4 rings (SSSR count). The Balaban J connectivity index is 1.56. The molecule has 11 heteroatoms. The first kappa shape index (κ1) is 18.8. The van der Waals surface area contributed by atoms with Gasteiger partial charge in [0, 0.05) is 25.1 Å². The minimum Gasteiger partial charge on any atom is -0.314 e. The van der Waals surface area contributed by atoms with Gasteiger partial charge in [-0.2, -0.15) is 24.1 Å². The molecule has 0 aliphatic carbocycles. The number of pyridine rings is 1. The first-order valence-corrected chi connectivity index (χ1v) is 9.01. The van der Waals surface area contributed by atoms with Crippen LogP contribution >= 0.6 is 0 Å². The van der Waals surface area contributed by atoms with Crippen LogP contribution in [0, 0.1) is 29.1 Å². The molecule has 29 heavy (non-hydrogen) atoms. The van der Waals surface area contributed by atoms with E-state index in [0.717, 1.165) is 12.1 Å². The van der Waals surface area contributed by atoms with E-state index in [9.17, 15) is 18.4 Å². The van der Waals surface area contributed by atoms with Crippen molar-refractivity contribution in [3.05, 3.63) is 35.9 Å². The summed E-state index contributed by atoms with van der Waals surface area (Å²) in [7, 11) is 0. The van der Waals surface area contributed by atoms with Crippen molar-refractivity contribution in [3.8, 4) is 6.07 Å². The van der Waals surface area contributed by atoms with Gasteiger partial charge in [0.05, 0.1) is 54.4 Å². The molecule has 0 aromatic carbocycles. The lowest BCUT2D eigenvalue weighted by atomic mass is 10.1. The van der Waals surface area contributed by atoms with Crippen LogP contribution < -0.4 is 10.2 Å². The van der Waals surface area contributed by atoms with Gasteiger partial charge in [-0.1, -0.05) is 0 Å². The number of anilines is 2. The van der Waals surface area contributed by atoms with Crippen molar-refractivity contribution in [1.82, 2.24) is 19.7 Å². The van der Waals surface area contributed by atoms with Crippen LogP contribution in [0.5, 0.6) is 0 Å². The van der Waals surface area contributed by atoms with Crippen molar-refractivity contribution < 1.29 is 18.4 Å². The van der Waals surface area contributed by atoms with Crippen LogP contribution in [-0.2, 0) is 17.9 Å². The van der Waals surface area contributed by atoms with Crippen molar-refractivity contribution in [1.29, 1.82) is 5.26 Å². The summed E-state index contributed by atoms with van der Waals surface area (Å²) in [5.41, 5.74) is 1.19. The van der Waals surface area contributed by atoms with E-state index in [1.54, 1.807) is 10.9 Å². The third-order valence-electron chi connectivity index (χ3n) is 5.09. The Morgan fingerprint density at radius 2 is 2.03 bits per heavy atom. The number of amides is 3. The summed E-state index contributed by atoms with van der Waals surface area (Å²) in [5.74, 6) is -2.61. The van der Waals surface area contributed by atoms with Gasteiger partial charge in [-0.3, -0.25) is 9.48 Å². The summed E-state index contributed by atoms with van der Waals surface area (Å²) >= 11 is 0. The van der Waals surface area contributed by atoms with Gasteiger partial charge in [-0.05, 0) is 6.92 Å². The second kappa shape index (κ2) is 7.12. The number of nitrogens with one attached hydrogen (secondary N) is 1. The summed E-state index contributed by atoms with van der Waals surface area (Å²) in [6.07, 6.45) is 1.72. The first-order valence-electron chi connectivity index (χ1n) is 9.01. The minimum atomic E-state index is -1.04. The average Bonchev–Trinajstić information content (AvgIpc) is 3.22. The molecule has 2 aliphatic heterocycles. The van der Waals surface area contributed by atoms with Gasteiger partial charge in [0.25, 0.3) is 0 Å². The normalized spacial score (nSPS) is 21.1. The lowest BCUT2D eigenvalue weighted by molar-refractivity contribution is -0.117. The van der Waals surface area contributed by atoms with Gasteiger partial charge in [-0.25, -0.2) is 4.79 Å². The van der Waals surface area contributed by atoms with Gasteiger partial charge in [-0.15, -0.1) is 0 Å². The fraction of sp³-hybridized carbons (Fsp3) is 0.389. The van der Waals surface area contributed by atoms with Crippen LogP contribution in [0.2, 0.25) is 0 Å². The quantitative estimate of drug-likeness (QED) is 0.773. The van der Waals surface area contributed by atoms with Gasteiger partial charge in [0.2, 0.25) is 17.8 Å². The molecule has 1 fully saturated rings. The van der Waals surface area contributed by atoms with E-state index < -0.39 is 17.9 Å². The molecule has 2 aromatic heterocycles. The van der Waals surface area contributed by atoms with Crippen LogP contribution in [0.25, 0.3) is 0 Å². The topological polar surface area (TPSA) is 107 Å². The van der Waals surface area contributed by atoms with Gasteiger partial charge < -0.3 is 15.1 Å². The summed E-state index contributed by atoms with van der Waals surface area (Å²) in [5, 5.41) is 15.9. The summed E-state index contributed by atoms with van der Waals surface area (Å²) in [6, 6.07) is 3.18. The van der Waals surface area contributed by atoms with Crippen molar-refractivity contribution in [2.75, 3.05) is 16.8 Å². The zero-order valence-electron chi connectivity index (χ0n) is 15.5. The highest BCUT2D eigenvalue weighted by Gasteiger charge is 2.36. The SMILES string of the molecule is C[C@H]1Cn2ncc(N3CC(C#N)CC3=O)c2CN1C(=O)Nc1cc(F)nc(F)c1. The fourth-order valence-corrected chi connectivity index (χ4v) is 3.64. The zero-order chi connectivity index (χ0) is 20.7. The van der Waals surface area contributed by atoms with E-state index in [1.165, 1.54) is 9.80 Å². The molecule has 2 aliphatic rings. The largest absolute Gasteiger partial charge is 0.322 e. The van der Waals surface area contributed by atoms with Crippen molar-refractivity contribution >= 4 is 23.3 Å². The molecule has 3 amide bonds. The number of urea groups is 1. The second-order valence-corrected chi connectivity index (χ2v) is 7.10. The Labute approximate surface area is 164 Å². The Bertz CT molecular complexity index is 1010. The Kier molecular flexibility index (Phi) is 4.62. The molecular formula is C18H17F2N7O2. The fourth-order valence-electron chi connectivity index (χ4n) is 3.64. The number of nitriles is 1. The maximum Gasteiger partial charge on any atom is 0.322 e. The van der Waals surface area contributed by atoms with Crippen LogP contribution in [0.4, 0.5) is 25.0 Å². The molecule has 150 valence electrons. The van der Waals surface area contributed by atoms with Crippen molar-refractivity contribution in [3.63, 3.8) is 0 Å². The Morgan fingerprint density at radius 1 is 1.31 bits per heavy atom. The molecule has 9 nitrogen and oxygen atoms in total.